The van der Waals surface area contributed by atoms with Crippen LogP contribution in [0.3, 0.4) is 0 Å². The molecule has 1 aromatic rings. The molecule has 0 radical (unpaired) electrons. The quantitative estimate of drug-likeness (QED) is 0.594. The second kappa shape index (κ2) is 8.34. The van der Waals surface area contributed by atoms with E-state index < -0.39 is 21.8 Å². The molecule has 8 heteroatoms. The summed E-state index contributed by atoms with van der Waals surface area (Å²) in [6.07, 6.45) is 0.153. The fraction of sp³-hybridized carbons (Fsp3) is 0.562. The fourth-order valence-corrected chi connectivity index (χ4v) is 2.52. The summed E-state index contributed by atoms with van der Waals surface area (Å²) in [6, 6.07) is 4.58. The Morgan fingerprint density at radius 2 is 1.92 bits per heavy atom. The number of nitrogens with one attached hydrogen (secondary N) is 1. The number of rotatable bonds is 7. The van der Waals surface area contributed by atoms with Crippen LogP contribution in [0.4, 0.5) is 4.79 Å². The van der Waals surface area contributed by atoms with Gasteiger partial charge < -0.3 is 14.8 Å². The van der Waals surface area contributed by atoms with E-state index in [-0.39, 0.29) is 18.0 Å². The summed E-state index contributed by atoms with van der Waals surface area (Å²) in [5.41, 5.74) is 0.297. The SMILES string of the molecule is CCc1ccc(S(=O)(=O)OC)cc1OCCNC(=O)OC(C)(C)C. The topological polar surface area (TPSA) is 90.9 Å². The minimum Gasteiger partial charge on any atom is -0.491 e. The molecule has 0 unspecified atom stereocenters. The van der Waals surface area contributed by atoms with Gasteiger partial charge in [0.15, 0.2) is 0 Å². The highest BCUT2D eigenvalue weighted by Gasteiger charge is 2.17. The second-order valence-electron chi connectivity index (χ2n) is 6.02. The summed E-state index contributed by atoms with van der Waals surface area (Å²) in [4.78, 5) is 11.6. The van der Waals surface area contributed by atoms with E-state index in [0.29, 0.717) is 12.2 Å². The van der Waals surface area contributed by atoms with Crippen LogP contribution in [0.5, 0.6) is 5.75 Å². The maximum atomic E-state index is 11.8. The lowest BCUT2D eigenvalue weighted by molar-refractivity contribution is 0.0520. The average Bonchev–Trinajstić information content (AvgIpc) is 2.49. The number of alkyl carbamates (subject to hydrolysis) is 1. The van der Waals surface area contributed by atoms with Gasteiger partial charge in [-0.2, -0.15) is 8.42 Å². The molecule has 0 aliphatic heterocycles. The first-order valence-electron chi connectivity index (χ1n) is 7.62. The lowest BCUT2D eigenvalue weighted by atomic mass is 10.1. The first kappa shape index (κ1) is 20.2. The van der Waals surface area contributed by atoms with Crippen LogP contribution in [0.15, 0.2) is 23.1 Å². The zero-order valence-corrected chi connectivity index (χ0v) is 15.5. The van der Waals surface area contributed by atoms with Gasteiger partial charge >= 0.3 is 6.09 Å². The Hall–Kier alpha value is -1.80. The Balaban J connectivity index is 2.67. The highest BCUT2D eigenvalue weighted by molar-refractivity contribution is 7.86. The molecule has 0 saturated carbocycles. The molecule has 1 aromatic carbocycles. The van der Waals surface area contributed by atoms with Crippen LogP contribution in [0, 0.1) is 0 Å². The maximum Gasteiger partial charge on any atom is 0.407 e. The molecule has 1 rings (SSSR count). The van der Waals surface area contributed by atoms with Crippen molar-refractivity contribution in [2.75, 3.05) is 20.3 Å². The Morgan fingerprint density at radius 3 is 2.46 bits per heavy atom. The largest absolute Gasteiger partial charge is 0.491 e. The highest BCUT2D eigenvalue weighted by atomic mass is 32.2. The van der Waals surface area contributed by atoms with Crippen molar-refractivity contribution in [3.8, 4) is 5.75 Å². The van der Waals surface area contributed by atoms with Crippen molar-refractivity contribution in [3.05, 3.63) is 23.8 Å². The van der Waals surface area contributed by atoms with Gasteiger partial charge in [-0.25, -0.2) is 4.79 Å². The van der Waals surface area contributed by atoms with Crippen LogP contribution in [0.25, 0.3) is 0 Å². The average molecular weight is 359 g/mol. The molecule has 0 aliphatic rings. The molecule has 1 amide bonds. The van der Waals surface area contributed by atoms with Gasteiger partial charge in [0.2, 0.25) is 0 Å². The molecule has 0 bridgehead atoms. The van der Waals surface area contributed by atoms with Crippen LogP contribution in [0.1, 0.15) is 33.3 Å². The van der Waals surface area contributed by atoms with E-state index in [4.69, 9.17) is 9.47 Å². The molecule has 0 saturated heterocycles. The zero-order valence-electron chi connectivity index (χ0n) is 14.7. The molecule has 1 N–H and O–H groups in total. The fourth-order valence-electron chi connectivity index (χ4n) is 1.84. The van der Waals surface area contributed by atoms with Gasteiger partial charge in [0, 0.05) is 6.07 Å². The van der Waals surface area contributed by atoms with Crippen molar-refractivity contribution in [2.45, 2.75) is 44.6 Å². The molecule has 24 heavy (non-hydrogen) atoms. The Kier molecular flexibility index (Phi) is 7.04. The molecular formula is C16H25NO6S. The predicted molar refractivity (Wildman–Crippen MR) is 89.7 cm³/mol. The van der Waals surface area contributed by atoms with E-state index in [0.717, 1.165) is 12.7 Å². The summed E-state index contributed by atoms with van der Waals surface area (Å²) in [5.74, 6) is 0.446. The Morgan fingerprint density at radius 1 is 1.25 bits per heavy atom. The number of ether oxygens (including phenoxy) is 2. The van der Waals surface area contributed by atoms with Crippen LogP contribution in [0.2, 0.25) is 0 Å². The van der Waals surface area contributed by atoms with Gasteiger partial charge in [-0.1, -0.05) is 13.0 Å². The highest BCUT2D eigenvalue weighted by Crippen LogP contribution is 2.24. The normalized spacial score (nSPS) is 11.9. The van der Waals surface area contributed by atoms with Crippen molar-refractivity contribution in [1.29, 1.82) is 0 Å². The van der Waals surface area contributed by atoms with Gasteiger partial charge in [-0.15, -0.1) is 0 Å². The number of hydrogen-bond donors (Lipinski definition) is 1. The van der Waals surface area contributed by atoms with Crippen molar-refractivity contribution < 1.29 is 26.9 Å². The minimum absolute atomic E-state index is 0.0253. The number of aryl methyl sites for hydroxylation is 1. The molecule has 0 aromatic heterocycles. The Bertz CT molecular complexity index is 664. The predicted octanol–water partition coefficient (Wildman–Crippen LogP) is 2.49. The number of hydrogen-bond acceptors (Lipinski definition) is 6. The summed E-state index contributed by atoms with van der Waals surface area (Å²) in [5, 5.41) is 2.57. The van der Waals surface area contributed by atoms with Crippen LogP contribution >= 0.6 is 0 Å². The summed E-state index contributed by atoms with van der Waals surface area (Å²) in [6.45, 7) is 7.68. The van der Waals surface area contributed by atoms with E-state index in [1.165, 1.54) is 12.1 Å². The zero-order chi connectivity index (χ0) is 18.4. The van der Waals surface area contributed by atoms with Gasteiger partial charge in [-0.3, -0.25) is 4.18 Å². The number of carbonyl (C=O) groups excluding carboxylic acids is 1. The molecule has 7 nitrogen and oxygen atoms in total. The molecule has 0 spiro atoms. The third kappa shape index (κ3) is 6.37. The van der Waals surface area contributed by atoms with Gasteiger partial charge in [0.1, 0.15) is 18.0 Å². The van der Waals surface area contributed by atoms with E-state index in [1.807, 2.05) is 6.92 Å². The van der Waals surface area contributed by atoms with Crippen molar-refractivity contribution in [1.82, 2.24) is 5.32 Å². The molecule has 136 valence electrons. The van der Waals surface area contributed by atoms with Crippen molar-refractivity contribution >= 4 is 16.2 Å². The molecule has 0 atom stereocenters. The molecule has 0 aliphatic carbocycles. The number of carbonyl (C=O) groups is 1. The minimum atomic E-state index is -3.78. The van der Waals surface area contributed by atoms with Crippen LogP contribution < -0.4 is 10.1 Å². The van der Waals surface area contributed by atoms with Gasteiger partial charge in [-0.05, 0) is 38.8 Å². The van der Waals surface area contributed by atoms with Crippen molar-refractivity contribution in [3.63, 3.8) is 0 Å². The summed E-state index contributed by atoms with van der Waals surface area (Å²) < 4.78 is 38.7. The van der Waals surface area contributed by atoms with Crippen LogP contribution in [-0.2, 0) is 25.5 Å². The smallest absolute Gasteiger partial charge is 0.407 e. The number of benzene rings is 1. The first-order chi connectivity index (χ1) is 11.1. The first-order valence-corrected chi connectivity index (χ1v) is 9.03. The van der Waals surface area contributed by atoms with E-state index in [9.17, 15) is 13.2 Å². The summed E-state index contributed by atoms with van der Waals surface area (Å²) in [7, 11) is -2.67. The van der Waals surface area contributed by atoms with Crippen LogP contribution in [-0.4, -0.2) is 40.4 Å². The monoisotopic (exact) mass is 359 g/mol. The van der Waals surface area contributed by atoms with E-state index in [2.05, 4.69) is 9.50 Å². The number of amides is 1. The summed E-state index contributed by atoms with van der Waals surface area (Å²) >= 11 is 0. The lowest BCUT2D eigenvalue weighted by Crippen LogP contribution is -2.34. The van der Waals surface area contributed by atoms with E-state index in [1.54, 1.807) is 26.8 Å². The maximum absolute atomic E-state index is 11.8. The third-order valence-electron chi connectivity index (χ3n) is 2.96. The Labute approximate surface area is 143 Å². The van der Waals surface area contributed by atoms with Crippen molar-refractivity contribution in [2.24, 2.45) is 0 Å². The molecule has 0 fully saturated rings. The van der Waals surface area contributed by atoms with Gasteiger partial charge in [0.05, 0.1) is 18.6 Å². The van der Waals surface area contributed by atoms with E-state index >= 15 is 0 Å². The lowest BCUT2D eigenvalue weighted by Gasteiger charge is -2.19. The third-order valence-corrected chi connectivity index (χ3v) is 4.23. The van der Waals surface area contributed by atoms with Gasteiger partial charge in [0.25, 0.3) is 10.1 Å². The standard InChI is InChI=1S/C16H25NO6S/c1-6-12-7-8-13(24(19,20)21-5)11-14(12)22-10-9-17-15(18)23-16(2,3)4/h7-8,11H,6,9-10H2,1-5H3,(H,17,18). The molecular weight excluding hydrogens is 334 g/mol. The molecule has 0 heterocycles. The second-order valence-corrected chi connectivity index (χ2v) is 7.73.